The van der Waals surface area contributed by atoms with Crippen molar-refractivity contribution in [2.75, 3.05) is 0 Å². The number of hydrogen-bond donors (Lipinski definition) is 2. The van der Waals surface area contributed by atoms with Gasteiger partial charge in [0.15, 0.2) is 5.82 Å². The topological polar surface area (TPSA) is 88.9 Å². The molecule has 0 spiro atoms. The van der Waals surface area contributed by atoms with Crippen LogP contribution in [0, 0.1) is 0 Å². The first-order valence-electron chi connectivity index (χ1n) is 10.8. The Labute approximate surface area is 185 Å². The molecular weight excluding hydrogens is 410 g/mol. The lowest BCUT2D eigenvalue weighted by Crippen LogP contribution is -2.41. The number of hydrazine groups is 1. The molecular formula is C23H27N5O2S. The molecule has 2 amide bonds. The Balaban J connectivity index is 1.47. The molecule has 7 nitrogen and oxygen atoms in total. The third kappa shape index (κ3) is 4.69. The third-order valence-electron chi connectivity index (χ3n) is 5.47. The van der Waals surface area contributed by atoms with Gasteiger partial charge in [0.25, 0.3) is 11.8 Å². The van der Waals surface area contributed by atoms with Crippen molar-refractivity contribution in [2.45, 2.75) is 58.3 Å². The molecule has 1 aliphatic carbocycles. The van der Waals surface area contributed by atoms with E-state index < -0.39 is 5.91 Å². The summed E-state index contributed by atoms with van der Waals surface area (Å²) in [4.78, 5) is 31.8. The molecule has 8 heteroatoms. The van der Waals surface area contributed by atoms with E-state index in [1.54, 1.807) is 10.9 Å². The van der Waals surface area contributed by atoms with Crippen LogP contribution >= 0.6 is 11.3 Å². The van der Waals surface area contributed by atoms with Crippen LogP contribution < -0.4 is 10.9 Å². The smallest absolute Gasteiger partial charge is 0.267 e. The van der Waals surface area contributed by atoms with Crippen molar-refractivity contribution in [3.05, 3.63) is 63.2 Å². The van der Waals surface area contributed by atoms with E-state index in [0.717, 1.165) is 18.5 Å². The van der Waals surface area contributed by atoms with Crippen LogP contribution in [0.15, 0.2) is 36.7 Å². The number of nitrogens with one attached hydrogen (secondary N) is 2. The van der Waals surface area contributed by atoms with E-state index in [-0.39, 0.29) is 11.8 Å². The van der Waals surface area contributed by atoms with Gasteiger partial charge in [0, 0.05) is 11.1 Å². The minimum atomic E-state index is -0.394. The third-order valence-corrected chi connectivity index (χ3v) is 6.71. The normalized spacial score (nSPS) is 13.9. The SMILES string of the molecule is CC(C)c1c(C(=O)NNC(=O)c2cc3c(s2)CCCCCC3)cnn1-c1ccccn1. The number of hydrogen-bond acceptors (Lipinski definition) is 5. The first-order valence-corrected chi connectivity index (χ1v) is 11.6. The molecule has 0 saturated carbocycles. The molecule has 31 heavy (non-hydrogen) atoms. The fraction of sp³-hybridized carbons (Fsp3) is 0.391. The van der Waals surface area contributed by atoms with E-state index in [1.807, 2.05) is 38.1 Å². The molecule has 3 heterocycles. The molecule has 1 aliphatic rings. The lowest BCUT2D eigenvalue weighted by atomic mass is 10.00. The van der Waals surface area contributed by atoms with Gasteiger partial charge in [0.05, 0.1) is 22.3 Å². The highest BCUT2D eigenvalue weighted by atomic mass is 32.1. The van der Waals surface area contributed by atoms with Crippen molar-refractivity contribution in [3.63, 3.8) is 0 Å². The quantitative estimate of drug-likeness (QED) is 0.599. The van der Waals surface area contributed by atoms with E-state index in [4.69, 9.17) is 0 Å². The molecule has 3 aromatic rings. The average molecular weight is 438 g/mol. The van der Waals surface area contributed by atoms with Gasteiger partial charge in [-0.15, -0.1) is 11.3 Å². The van der Waals surface area contributed by atoms with Crippen LogP contribution in [0.2, 0.25) is 0 Å². The standard InChI is InChI=1S/C23H27N5O2S/c1-15(2)21-17(14-25-28(21)20-11-7-8-12-24-20)22(29)26-27-23(30)19-13-16-9-5-3-4-6-10-18(16)31-19/h7-8,11-15H,3-6,9-10H2,1-2H3,(H,26,29)(H,27,30). The van der Waals surface area contributed by atoms with Crippen LogP contribution in [0.1, 0.15) is 81.6 Å². The maximum Gasteiger partial charge on any atom is 0.279 e. The molecule has 0 bridgehead atoms. The monoisotopic (exact) mass is 437 g/mol. The fourth-order valence-electron chi connectivity index (χ4n) is 3.95. The zero-order valence-electron chi connectivity index (χ0n) is 17.9. The first-order chi connectivity index (χ1) is 15.0. The number of aromatic nitrogens is 3. The van der Waals surface area contributed by atoms with Gasteiger partial charge in [-0.3, -0.25) is 20.4 Å². The lowest BCUT2D eigenvalue weighted by Gasteiger charge is -2.12. The van der Waals surface area contributed by atoms with Gasteiger partial charge < -0.3 is 0 Å². The predicted molar refractivity (Wildman–Crippen MR) is 121 cm³/mol. The Morgan fingerprint density at radius 3 is 2.58 bits per heavy atom. The average Bonchev–Trinajstić information content (AvgIpc) is 3.37. The Kier molecular flexibility index (Phi) is 6.46. The highest BCUT2D eigenvalue weighted by molar-refractivity contribution is 7.14. The summed E-state index contributed by atoms with van der Waals surface area (Å²) in [5.74, 6) is 0.00518. The molecule has 0 atom stereocenters. The lowest BCUT2D eigenvalue weighted by molar-refractivity contribution is 0.0848. The van der Waals surface area contributed by atoms with Crippen LogP contribution in [-0.2, 0) is 12.8 Å². The van der Waals surface area contributed by atoms with Crippen molar-refractivity contribution in [1.29, 1.82) is 0 Å². The molecule has 162 valence electrons. The van der Waals surface area contributed by atoms with E-state index in [2.05, 4.69) is 20.9 Å². The Morgan fingerprint density at radius 2 is 1.84 bits per heavy atom. The van der Waals surface area contributed by atoms with Crippen LogP contribution in [-0.4, -0.2) is 26.6 Å². The highest BCUT2D eigenvalue weighted by Gasteiger charge is 2.22. The summed E-state index contributed by atoms with van der Waals surface area (Å²) in [5, 5.41) is 4.36. The van der Waals surface area contributed by atoms with Gasteiger partial charge in [0.1, 0.15) is 0 Å². The van der Waals surface area contributed by atoms with Crippen LogP contribution in [0.5, 0.6) is 0 Å². The van der Waals surface area contributed by atoms with Crippen LogP contribution in [0.3, 0.4) is 0 Å². The number of aryl methyl sites for hydroxylation is 2. The highest BCUT2D eigenvalue weighted by Crippen LogP contribution is 2.28. The zero-order chi connectivity index (χ0) is 21.8. The summed E-state index contributed by atoms with van der Waals surface area (Å²) in [5.41, 5.74) is 7.56. The zero-order valence-corrected chi connectivity index (χ0v) is 18.7. The number of fused-ring (bicyclic) bond motifs is 1. The fourth-order valence-corrected chi connectivity index (χ4v) is 5.10. The second-order valence-electron chi connectivity index (χ2n) is 8.08. The number of thiophene rings is 1. The van der Waals surface area contributed by atoms with E-state index in [0.29, 0.717) is 16.3 Å². The summed E-state index contributed by atoms with van der Waals surface area (Å²) in [6, 6.07) is 7.52. The van der Waals surface area contributed by atoms with Gasteiger partial charge in [-0.05, 0) is 55.4 Å². The molecule has 0 saturated heterocycles. The van der Waals surface area contributed by atoms with Crippen molar-refractivity contribution < 1.29 is 9.59 Å². The maximum absolute atomic E-state index is 12.8. The number of amides is 2. The summed E-state index contributed by atoms with van der Waals surface area (Å²) < 4.78 is 1.67. The largest absolute Gasteiger partial charge is 0.279 e. The number of carbonyl (C=O) groups is 2. The van der Waals surface area contributed by atoms with Crippen molar-refractivity contribution in [3.8, 4) is 5.82 Å². The van der Waals surface area contributed by atoms with Gasteiger partial charge in [0.2, 0.25) is 0 Å². The summed E-state index contributed by atoms with van der Waals surface area (Å²) in [6.07, 6.45) is 10.1. The van der Waals surface area contributed by atoms with Gasteiger partial charge in [-0.1, -0.05) is 32.8 Å². The van der Waals surface area contributed by atoms with Crippen molar-refractivity contribution >= 4 is 23.2 Å². The summed E-state index contributed by atoms with van der Waals surface area (Å²) in [6.45, 7) is 3.99. The Bertz CT molecular complexity index is 1050. The molecule has 0 aromatic carbocycles. The molecule has 0 radical (unpaired) electrons. The van der Waals surface area contributed by atoms with Crippen LogP contribution in [0.4, 0.5) is 0 Å². The molecule has 3 aromatic heterocycles. The number of pyridine rings is 1. The number of rotatable bonds is 4. The molecule has 0 fully saturated rings. The van der Waals surface area contributed by atoms with Gasteiger partial charge >= 0.3 is 0 Å². The first kappa shape index (κ1) is 21.2. The van der Waals surface area contributed by atoms with Crippen molar-refractivity contribution in [2.24, 2.45) is 0 Å². The minimum Gasteiger partial charge on any atom is -0.267 e. The van der Waals surface area contributed by atoms with E-state index in [9.17, 15) is 9.59 Å². The van der Waals surface area contributed by atoms with Gasteiger partial charge in [-0.2, -0.15) is 5.10 Å². The second kappa shape index (κ2) is 9.43. The maximum atomic E-state index is 12.8. The van der Waals surface area contributed by atoms with Crippen LogP contribution in [0.25, 0.3) is 5.82 Å². The van der Waals surface area contributed by atoms with E-state index >= 15 is 0 Å². The molecule has 0 aliphatic heterocycles. The predicted octanol–water partition coefficient (Wildman–Crippen LogP) is 4.19. The minimum absolute atomic E-state index is 0.0397. The molecule has 0 unspecified atom stereocenters. The summed E-state index contributed by atoms with van der Waals surface area (Å²) >= 11 is 1.53. The van der Waals surface area contributed by atoms with E-state index in [1.165, 1.54) is 53.7 Å². The molecule has 2 N–H and O–H groups in total. The second-order valence-corrected chi connectivity index (χ2v) is 9.22. The number of carbonyl (C=O) groups excluding carboxylic acids is 2. The Hall–Kier alpha value is -3.00. The Morgan fingerprint density at radius 1 is 1.06 bits per heavy atom. The van der Waals surface area contributed by atoms with Gasteiger partial charge in [-0.25, -0.2) is 9.67 Å². The molecule has 4 rings (SSSR count). The van der Waals surface area contributed by atoms with Crippen molar-refractivity contribution in [1.82, 2.24) is 25.6 Å². The number of nitrogens with zero attached hydrogens (tertiary/aromatic N) is 3. The summed E-state index contributed by atoms with van der Waals surface area (Å²) in [7, 11) is 0.